The lowest BCUT2D eigenvalue weighted by molar-refractivity contribution is -0.132. The van der Waals surface area contributed by atoms with Gasteiger partial charge in [0, 0.05) is 37.0 Å². The van der Waals surface area contributed by atoms with E-state index < -0.39 is 0 Å². The minimum atomic E-state index is -0.169. The van der Waals surface area contributed by atoms with Gasteiger partial charge in [0.05, 0.1) is 12.6 Å². The Bertz CT molecular complexity index is 1190. The molecular formula is C22H28N4O3S. The number of carbonyl (C=O) groups excluding carboxylic acids is 1. The second-order valence-electron chi connectivity index (χ2n) is 8.07. The number of aromatic nitrogens is 3. The number of nitrogens with zero attached hydrogens (tertiary/aromatic N) is 2. The summed E-state index contributed by atoms with van der Waals surface area (Å²) in [6, 6.07) is 5.97. The highest BCUT2D eigenvalue weighted by molar-refractivity contribution is 7.71. The van der Waals surface area contributed by atoms with Crippen LogP contribution >= 0.6 is 12.2 Å². The first kappa shape index (κ1) is 20.7. The van der Waals surface area contributed by atoms with E-state index in [1.54, 1.807) is 7.11 Å². The lowest BCUT2D eigenvalue weighted by Gasteiger charge is -2.31. The van der Waals surface area contributed by atoms with Crippen LogP contribution < -0.4 is 10.3 Å². The average molecular weight is 429 g/mol. The summed E-state index contributed by atoms with van der Waals surface area (Å²) >= 11 is 5.46. The molecule has 1 aliphatic rings. The first-order valence-corrected chi connectivity index (χ1v) is 11.0. The van der Waals surface area contributed by atoms with E-state index in [1.807, 2.05) is 30.1 Å². The molecule has 1 amide bonds. The van der Waals surface area contributed by atoms with Crippen molar-refractivity contribution in [2.75, 3.05) is 14.2 Å². The van der Waals surface area contributed by atoms with Crippen molar-refractivity contribution in [3.05, 3.63) is 33.3 Å². The van der Waals surface area contributed by atoms with Crippen molar-refractivity contribution >= 4 is 40.1 Å². The second-order valence-corrected chi connectivity index (χ2v) is 8.46. The minimum Gasteiger partial charge on any atom is -0.497 e. The third kappa shape index (κ3) is 3.88. The fourth-order valence-corrected chi connectivity index (χ4v) is 4.71. The van der Waals surface area contributed by atoms with Crippen LogP contribution in [0.5, 0.6) is 5.75 Å². The predicted molar refractivity (Wildman–Crippen MR) is 121 cm³/mol. The van der Waals surface area contributed by atoms with Gasteiger partial charge in [0.25, 0.3) is 5.56 Å². The van der Waals surface area contributed by atoms with E-state index in [4.69, 9.17) is 17.0 Å². The summed E-state index contributed by atoms with van der Waals surface area (Å²) in [5.41, 5.74) is 1.84. The molecule has 1 fully saturated rings. The first-order chi connectivity index (χ1) is 14.5. The van der Waals surface area contributed by atoms with Gasteiger partial charge in [-0.3, -0.25) is 14.2 Å². The third-order valence-corrected chi connectivity index (χ3v) is 6.55. The molecule has 7 nitrogen and oxygen atoms in total. The zero-order valence-electron chi connectivity index (χ0n) is 17.5. The maximum atomic E-state index is 13.0. The Hall–Kier alpha value is -2.61. The first-order valence-electron chi connectivity index (χ1n) is 10.6. The maximum Gasteiger partial charge on any atom is 0.278 e. The summed E-state index contributed by atoms with van der Waals surface area (Å²) in [7, 11) is 3.51. The van der Waals surface area contributed by atoms with Gasteiger partial charge in [0.2, 0.25) is 5.91 Å². The van der Waals surface area contributed by atoms with E-state index in [2.05, 4.69) is 9.97 Å². The summed E-state index contributed by atoms with van der Waals surface area (Å²) in [6.07, 6.45) is 6.83. The number of methoxy groups -OCH3 is 1. The lowest BCUT2D eigenvalue weighted by atomic mass is 9.94. The van der Waals surface area contributed by atoms with Crippen LogP contribution in [-0.2, 0) is 11.3 Å². The van der Waals surface area contributed by atoms with Crippen LogP contribution in [0.25, 0.3) is 21.9 Å². The van der Waals surface area contributed by atoms with E-state index in [1.165, 1.54) is 23.8 Å². The summed E-state index contributed by atoms with van der Waals surface area (Å²) in [4.78, 5) is 33.9. The number of ether oxygens (including phenoxy) is 1. The Morgan fingerprint density at radius 3 is 2.73 bits per heavy atom. The molecule has 8 heteroatoms. The SMILES string of the molecule is COc1ccc2[nH]c3c(=O)n(CCCC(=O)N(C)C4CCCCC4)c(=S)[nH]c3c2c1. The monoisotopic (exact) mass is 428 g/mol. The lowest BCUT2D eigenvalue weighted by Crippen LogP contribution is -2.38. The molecule has 0 radical (unpaired) electrons. The Morgan fingerprint density at radius 1 is 1.23 bits per heavy atom. The topological polar surface area (TPSA) is 83.1 Å². The fourth-order valence-electron chi connectivity index (χ4n) is 4.43. The van der Waals surface area contributed by atoms with Gasteiger partial charge in [-0.05, 0) is 49.7 Å². The quantitative estimate of drug-likeness (QED) is 0.579. The minimum absolute atomic E-state index is 0.142. The van der Waals surface area contributed by atoms with Crippen molar-refractivity contribution in [1.29, 1.82) is 0 Å². The van der Waals surface area contributed by atoms with Crippen LogP contribution in [0.3, 0.4) is 0 Å². The largest absolute Gasteiger partial charge is 0.497 e. The number of carbonyl (C=O) groups is 1. The maximum absolute atomic E-state index is 13.0. The third-order valence-electron chi connectivity index (χ3n) is 6.23. The highest BCUT2D eigenvalue weighted by Gasteiger charge is 2.21. The van der Waals surface area contributed by atoms with Gasteiger partial charge in [-0.2, -0.15) is 0 Å². The van der Waals surface area contributed by atoms with E-state index >= 15 is 0 Å². The molecule has 0 spiro atoms. The number of hydrogen-bond donors (Lipinski definition) is 2. The van der Waals surface area contributed by atoms with Crippen molar-refractivity contribution < 1.29 is 9.53 Å². The Labute approximate surface area is 180 Å². The molecule has 0 bridgehead atoms. The number of hydrogen-bond acceptors (Lipinski definition) is 4. The molecule has 4 rings (SSSR count). The molecule has 3 aromatic rings. The standard InChI is InChI=1S/C22H28N4O3S/c1-25(14-7-4-3-5-8-14)18(27)9-6-12-26-21(28)20-19(24-22(26)30)16-13-15(29-2)10-11-17(16)23-20/h10-11,13-14,23H,3-9,12H2,1-2H3,(H,24,30). The summed E-state index contributed by atoms with van der Waals surface area (Å²) in [5.74, 6) is 0.858. The van der Waals surface area contributed by atoms with Crippen LogP contribution in [0.1, 0.15) is 44.9 Å². The van der Waals surface area contributed by atoms with Crippen LogP contribution in [0.2, 0.25) is 0 Å². The van der Waals surface area contributed by atoms with Gasteiger partial charge in [0.15, 0.2) is 4.77 Å². The molecule has 2 N–H and O–H groups in total. The van der Waals surface area contributed by atoms with E-state index in [0.29, 0.717) is 47.0 Å². The van der Waals surface area contributed by atoms with Crippen LogP contribution in [0.15, 0.2) is 23.0 Å². The highest BCUT2D eigenvalue weighted by Crippen LogP contribution is 2.26. The molecular weight excluding hydrogens is 400 g/mol. The summed E-state index contributed by atoms with van der Waals surface area (Å²) in [5, 5.41) is 0.865. The van der Waals surface area contributed by atoms with Crippen molar-refractivity contribution in [3.63, 3.8) is 0 Å². The van der Waals surface area contributed by atoms with E-state index in [9.17, 15) is 9.59 Å². The number of H-pyrrole nitrogens is 2. The highest BCUT2D eigenvalue weighted by atomic mass is 32.1. The van der Waals surface area contributed by atoms with Gasteiger partial charge >= 0.3 is 0 Å². The molecule has 0 atom stereocenters. The zero-order chi connectivity index (χ0) is 21.3. The van der Waals surface area contributed by atoms with Gasteiger partial charge in [-0.1, -0.05) is 19.3 Å². The van der Waals surface area contributed by atoms with Crippen LogP contribution in [-0.4, -0.2) is 45.5 Å². The molecule has 0 aliphatic heterocycles. The molecule has 1 aromatic carbocycles. The molecule has 2 aromatic heterocycles. The van der Waals surface area contributed by atoms with Crippen molar-refractivity contribution in [1.82, 2.24) is 19.4 Å². The molecule has 0 saturated heterocycles. The molecule has 1 aliphatic carbocycles. The van der Waals surface area contributed by atoms with Gasteiger partial charge in [-0.25, -0.2) is 0 Å². The molecule has 160 valence electrons. The number of benzene rings is 1. The zero-order valence-corrected chi connectivity index (χ0v) is 18.3. The van der Waals surface area contributed by atoms with E-state index in [0.717, 1.165) is 23.7 Å². The Balaban J connectivity index is 1.51. The normalized spacial score (nSPS) is 15.0. The number of amides is 1. The summed E-state index contributed by atoms with van der Waals surface area (Å²) in [6.45, 7) is 0.410. The number of rotatable bonds is 6. The average Bonchev–Trinajstić information content (AvgIpc) is 3.13. The number of aromatic amines is 2. The Morgan fingerprint density at radius 2 is 2.00 bits per heavy atom. The molecule has 30 heavy (non-hydrogen) atoms. The second kappa shape index (κ2) is 8.63. The van der Waals surface area contributed by atoms with Crippen molar-refractivity contribution in [2.24, 2.45) is 0 Å². The summed E-state index contributed by atoms with van der Waals surface area (Å²) < 4.78 is 7.20. The molecule has 1 saturated carbocycles. The van der Waals surface area contributed by atoms with Crippen molar-refractivity contribution in [3.8, 4) is 5.75 Å². The van der Waals surface area contributed by atoms with Crippen molar-refractivity contribution in [2.45, 2.75) is 57.5 Å². The van der Waals surface area contributed by atoms with Gasteiger partial charge in [-0.15, -0.1) is 0 Å². The number of nitrogens with one attached hydrogen (secondary N) is 2. The van der Waals surface area contributed by atoms with Gasteiger partial charge in [0.1, 0.15) is 11.3 Å². The number of fused-ring (bicyclic) bond motifs is 3. The molecule has 0 unspecified atom stereocenters. The fraction of sp³-hybridized carbons (Fsp3) is 0.500. The van der Waals surface area contributed by atoms with Crippen LogP contribution in [0.4, 0.5) is 0 Å². The Kier molecular flexibility index (Phi) is 5.94. The molecule has 2 heterocycles. The van der Waals surface area contributed by atoms with E-state index in [-0.39, 0.29) is 11.5 Å². The van der Waals surface area contributed by atoms with Crippen LogP contribution in [0, 0.1) is 4.77 Å². The smallest absolute Gasteiger partial charge is 0.278 e. The predicted octanol–water partition coefficient (Wildman–Crippen LogP) is 4.12. The van der Waals surface area contributed by atoms with Gasteiger partial charge < -0.3 is 19.6 Å².